The quantitative estimate of drug-likeness (QED) is 0.891. The number of aromatic nitrogens is 1. The van der Waals surface area contributed by atoms with Gasteiger partial charge in [-0.05, 0) is 45.4 Å². The summed E-state index contributed by atoms with van der Waals surface area (Å²) in [6, 6.07) is -0.0595. The van der Waals surface area contributed by atoms with Crippen molar-refractivity contribution < 1.29 is 9.59 Å². The molecule has 3 aliphatic rings. The van der Waals surface area contributed by atoms with E-state index in [-0.39, 0.29) is 29.7 Å². The van der Waals surface area contributed by atoms with Crippen LogP contribution in [0.1, 0.15) is 68.1 Å². The minimum absolute atomic E-state index is 0.0595. The first kappa shape index (κ1) is 16.1. The third-order valence-corrected chi connectivity index (χ3v) is 6.32. The number of nitrogens with zero attached hydrogens (tertiary/aromatic N) is 2. The van der Waals surface area contributed by atoms with Crippen LogP contribution in [0.3, 0.4) is 0 Å². The van der Waals surface area contributed by atoms with E-state index in [1.165, 1.54) is 17.8 Å². The van der Waals surface area contributed by atoms with Gasteiger partial charge in [0.05, 0.1) is 22.7 Å². The summed E-state index contributed by atoms with van der Waals surface area (Å²) in [5.74, 6) is 1.14. The standard InChI is InChI=1S/C18H25N3O2S/c1-11(15-10-24-17(20-15)12-4-5-12)19-16(22)14-3-2-8-21(9-14)18(23)13-6-7-13/h10-14H,2-9H2,1H3,(H,19,22)/t11-,14-/m1/s1. The zero-order chi connectivity index (χ0) is 16.7. The highest BCUT2D eigenvalue weighted by molar-refractivity contribution is 7.09. The molecule has 6 heteroatoms. The molecule has 1 saturated heterocycles. The molecule has 0 aromatic carbocycles. The van der Waals surface area contributed by atoms with Crippen molar-refractivity contribution in [3.63, 3.8) is 0 Å². The summed E-state index contributed by atoms with van der Waals surface area (Å²) in [5.41, 5.74) is 0.969. The number of hydrogen-bond donors (Lipinski definition) is 1. The lowest BCUT2D eigenvalue weighted by molar-refractivity contribution is -0.137. The van der Waals surface area contributed by atoms with Crippen molar-refractivity contribution in [1.29, 1.82) is 0 Å². The zero-order valence-electron chi connectivity index (χ0n) is 14.2. The number of piperidine rings is 1. The SMILES string of the molecule is C[C@@H](NC(=O)[C@@H]1CCCN(C(=O)C2CC2)C1)c1csc(C2CC2)n1. The first-order valence-electron chi connectivity index (χ1n) is 9.16. The second kappa shape index (κ2) is 6.47. The van der Waals surface area contributed by atoms with Crippen LogP contribution in [-0.4, -0.2) is 34.8 Å². The third-order valence-electron chi connectivity index (χ3n) is 5.30. The Bertz CT molecular complexity index is 636. The van der Waals surface area contributed by atoms with Crippen LogP contribution < -0.4 is 5.32 Å². The average Bonchev–Trinajstić information content (AvgIpc) is 3.53. The number of thiazole rings is 1. The molecule has 0 spiro atoms. The molecular formula is C18H25N3O2S. The van der Waals surface area contributed by atoms with E-state index in [4.69, 9.17) is 0 Å². The molecule has 130 valence electrons. The van der Waals surface area contributed by atoms with Gasteiger partial charge in [-0.2, -0.15) is 0 Å². The number of likely N-dealkylation sites (tertiary alicyclic amines) is 1. The predicted molar refractivity (Wildman–Crippen MR) is 92.7 cm³/mol. The van der Waals surface area contributed by atoms with E-state index in [0.29, 0.717) is 12.5 Å². The molecule has 1 N–H and O–H groups in total. The summed E-state index contributed by atoms with van der Waals surface area (Å²) in [4.78, 5) is 31.4. The zero-order valence-corrected chi connectivity index (χ0v) is 15.0. The van der Waals surface area contributed by atoms with E-state index < -0.39 is 0 Å². The molecule has 2 heterocycles. The first-order chi connectivity index (χ1) is 11.6. The molecule has 2 atom stereocenters. The van der Waals surface area contributed by atoms with Gasteiger partial charge in [0.2, 0.25) is 11.8 Å². The number of rotatable bonds is 5. The van der Waals surface area contributed by atoms with Crippen molar-refractivity contribution >= 4 is 23.2 Å². The second-order valence-electron chi connectivity index (χ2n) is 7.51. The highest BCUT2D eigenvalue weighted by Crippen LogP contribution is 2.41. The smallest absolute Gasteiger partial charge is 0.225 e. The molecule has 1 aliphatic heterocycles. The Hall–Kier alpha value is -1.43. The number of nitrogens with one attached hydrogen (secondary N) is 1. The van der Waals surface area contributed by atoms with E-state index in [9.17, 15) is 9.59 Å². The van der Waals surface area contributed by atoms with E-state index in [2.05, 4.69) is 15.7 Å². The molecule has 0 unspecified atom stereocenters. The molecule has 0 bridgehead atoms. The number of carbonyl (C=O) groups excluding carboxylic acids is 2. The van der Waals surface area contributed by atoms with Crippen molar-refractivity contribution in [3.05, 3.63) is 16.1 Å². The average molecular weight is 347 g/mol. The molecule has 5 nitrogen and oxygen atoms in total. The van der Waals surface area contributed by atoms with E-state index >= 15 is 0 Å². The van der Waals surface area contributed by atoms with Crippen LogP contribution in [0.2, 0.25) is 0 Å². The summed E-state index contributed by atoms with van der Waals surface area (Å²) >= 11 is 1.71. The molecule has 2 amide bonds. The maximum Gasteiger partial charge on any atom is 0.225 e. The minimum Gasteiger partial charge on any atom is -0.348 e. The van der Waals surface area contributed by atoms with Crippen LogP contribution >= 0.6 is 11.3 Å². The molecule has 1 aromatic heterocycles. The normalized spacial score (nSPS) is 25.4. The van der Waals surface area contributed by atoms with Gasteiger partial charge in [0.1, 0.15) is 0 Å². The summed E-state index contributed by atoms with van der Waals surface area (Å²) in [6.07, 6.45) is 6.35. The Kier molecular flexibility index (Phi) is 4.33. The maximum atomic E-state index is 12.6. The third kappa shape index (κ3) is 3.48. The Balaban J connectivity index is 1.33. The summed E-state index contributed by atoms with van der Waals surface area (Å²) in [5, 5.41) is 6.39. The van der Waals surface area contributed by atoms with Gasteiger partial charge >= 0.3 is 0 Å². The van der Waals surface area contributed by atoms with Crippen molar-refractivity contribution in [3.8, 4) is 0 Å². The number of carbonyl (C=O) groups is 2. The van der Waals surface area contributed by atoms with Gasteiger partial charge in [0.15, 0.2) is 0 Å². The van der Waals surface area contributed by atoms with Crippen LogP contribution in [0.25, 0.3) is 0 Å². The Morgan fingerprint density at radius 2 is 2.04 bits per heavy atom. The first-order valence-corrected chi connectivity index (χ1v) is 10.0. The summed E-state index contributed by atoms with van der Waals surface area (Å²) < 4.78 is 0. The number of hydrogen-bond acceptors (Lipinski definition) is 4. The van der Waals surface area contributed by atoms with E-state index in [0.717, 1.165) is 37.9 Å². The van der Waals surface area contributed by atoms with Gasteiger partial charge in [-0.1, -0.05) is 0 Å². The van der Waals surface area contributed by atoms with Crippen molar-refractivity contribution in [2.45, 2.75) is 57.4 Å². The fourth-order valence-corrected chi connectivity index (χ4v) is 4.49. The molecule has 4 rings (SSSR count). The van der Waals surface area contributed by atoms with Crippen molar-refractivity contribution in [1.82, 2.24) is 15.2 Å². The molecule has 1 aromatic rings. The van der Waals surface area contributed by atoms with E-state index in [1.807, 2.05) is 11.8 Å². The Labute approximate surface area is 146 Å². The second-order valence-corrected chi connectivity index (χ2v) is 8.40. The molecule has 0 radical (unpaired) electrons. The largest absolute Gasteiger partial charge is 0.348 e. The minimum atomic E-state index is -0.0783. The van der Waals surface area contributed by atoms with Crippen LogP contribution in [0.4, 0.5) is 0 Å². The summed E-state index contributed by atoms with van der Waals surface area (Å²) in [6.45, 7) is 3.39. The topological polar surface area (TPSA) is 62.3 Å². The van der Waals surface area contributed by atoms with Crippen LogP contribution in [0.15, 0.2) is 5.38 Å². The molecule has 2 aliphatic carbocycles. The highest BCUT2D eigenvalue weighted by Gasteiger charge is 2.37. The highest BCUT2D eigenvalue weighted by atomic mass is 32.1. The monoisotopic (exact) mass is 347 g/mol. The Morgan fingerprint density at radius 3 is 2.75 bits per heavy atom. The molecule has 2 saturated carbocycles. The van der Waals surface area contributed by atoms with Crippen LogP contribution in [-0.2, 0) is 9.59 Å². The Morgan fingerprint density at radius 1 is 1.25 bits per heavy atom. The van der Waals surface area contributed by atoms with Gasteiger partial charge in [-0.15, -0.1) is 11.3 Å². The lowest BCUT2D eigenvalue weighted by Crippen LogP contribution is -2.46. The van der Waals surface area contributed by atoms with Crippen LogP contribution in [0, 0.1) is 11.8 Å². The fraction of sp³-hybridized carbons (Fsp3) is 0.722. The van der Waals surface area contributed by atoms with Gasteiger partial charge in [0.25, 0.3) is 0 Å². The van der Waals surface area contributed by atoms with Crippen molar-refractivity contribution in [2.75, 3.05) is 13.1 Å². The molecule has 24 heavy (non-hydrogen) atoms. The van der Waals surface area contributed by atoms with Crippen LogP contribution in [0.5, 0.6) is 0 Å². The summed E-state index contributed by atoms with van der Waals surface area (Å²) in [7, 11) is 0. The maximum absolute atomic E-state index is 12.6. The predicted octanol–water partition coefficient (Wildman–Crippen LogP) is 2.85. The fourth-order valence-electron chi connectivity index (χ4n) is 3.40. The lowest BCUT2D eigenvalue weighted by atomic mass is 9.96. The van der Waals surface area contributed by atoms with E-state index in [1.54, 1.807) is 11.3 Å². The van der Waals surface area contributed by atoms with Crippen molar-refractivity contribution in [2.24, 2.45) is 11.8 Å². The van der Waals surface area contributed by atoms with Gasteiger partial charge in [-0.3, -0.25) is 9.59 Å². The van der Waals surface area contributed by atoms with Gasteiger partial charge in [0, 0.05) is 30.3 Å². The lowest BCUT2D eigenvalue weighted by Gasteiger charge is -2.32. The van der Waals surface area contributed by atoms with Gasteiger partial charge in [-0.25, -0.2) is 4.98 Å². The van der Waals surface area contributed by atoms with Gasteiger partial charge < -0.3 is 10.2 Å². The molecule has 3 fully saturated rings. The molecular weight excluding hydrogens is 322 g/mol. The number of amides is 2.